The van der Waals surface area contributed by atoms with Gasteiger partial charge in [-0.1, -0.05) is 24.3 Å². The predicted molar refractivity (Wildman–Crippen MR) is 76.6 cm³/mol. The molecule has 0 saturated heterocycles. The zero-order valence-corrected chi connectivity index (χ0v) is 11.7. The van der Waals surface area contributed by atoms with E-state index in [0.29, 0.717) is 12.3 Å². The number of para-hydroxylation sites is 2. The van der Waals surface area contributed by atoms with Crippen LogP contribution >= 0.6 is 0 Å². The first-order chi connectivity index (χ1) is 9.50. The van der Waals surface area contributed by atoms with Crippen molar-refractivity contribution in [2.24, 2.45) is 0 Å². The molecule has 2 aromatic carbocycles. The Morgan fingerprint density at radius 3 is 2.60 bits per heavy atom. The maximum atomic E-state index is 11.1. The van der Waals surface area contributed by atoms with Gasteiger partial charge in [0.05, 0.1) is 17.7 Å². The zero-order valence-electron chi connectivity index (χ0n) is 10.9. The fraction of sp³-hybridized carbons (Fsp3) is 0.143. The molecule has 0 radical (unpaired) electrons. The molecule has 0 saturated carbocycles. The summed E-state index contributed by atoms with van der Waals surface area (Å²) in [4.78, 5) is -0.114. The van der Waals surface area contributed by atoms with Gasteiger partial charge >= 0.3 is 0 Å². The van der Waals surface area contributed by atoms with Crippen molar-refractivity contribution in [2.45, 2.75) is 11.4 Å². The standard InChI is InChI=1S/C14H15NO4S/c1-19-14-8-3-2-7-13(14)15-10-11-5-4-6-12(9-11)20(16,17)18/h2-9,15H,10H2,1H3,(H,16,17,18). The highest BCUT2D eigenvalue weighted by Crippen LogP contribution is 2.23. The van der Waals surface area contributed by atoms with E-state index < -0.39 is 10.1 Å². The van der Waals surface area contributed by atoms with Crippen LogP contribution in [-0.4, -0.2) is 20.1 Å². The number of ether oxygens (including phenoxy) is 1. The highest BCUT2D eigenvalue weighted by Gasteiger charge is 2.09. The van der Waals surface area contributed by atoms with Crippen LogP contribution in [0.5, 0.6) is 5.75 Å². The third kappa shape index (κ3) is 3.49. The van der Waals surface area contributed by atoms with Gasteiger partial charge in [-0.25, -0.2) is 0 Å². The second-order valence-corrected chi connectivity index (χ2v) is 5.60. The van der Waals surface area contributed by atoms with E-state index >= 15 is 0 Å². The average Bonchev–Trinajstić information content (AvgIpc) is 2.45. The Balaban J connectivity index is 2.15. The van der Waals surface area contributed by atoms with Gasteiger partial charge in [-0.05, 0) is 29.8 Å². The SMILES string of the molecule is COc1ccccc1NCc1cccc(S(=O)(=O)O)c1. The molecule has 5 nitrogen and oxygen atoms in total. The summed E-state index contributed by atoms with van der Waals surface area (Å²) in [7, 11) is -2.59. The van der Waals surface area contributed by atoms with Crippen molar-refractivity contribution < 1.29 is 17.7 Å². The maximum absolute atomic E-state index is 11.1. The van der Waals surface area contributed by atoms with Crippen molar-refractivity contribution in [3.05, 3.63) is 54.1 Å². The topological polar surface area (TPSA) is 75.6 Å². The van der Waals surface area contributed by atoms with Crippen LogP contribution in [0.1, 0.15) is 5.56 Å². The lowest BCUT2D eigenvalue weighted by Gasteiger charge is -2.11. The van der Waals surface area contributed by atoms with Crippen molar-refractivity contribution in [2.75, 3.05) is 12.4 Å². The molecule has 0 aliphatic rings. The molecule has 0 aromatic heterocycles. The average molecular weight is 293 g/mol. The monoisotopic (exact) mass is 293 g/mol. The van der Waals surface area contributed by atoms with Gasteiger partial charge in [0.1, 0.15) is 5.75 Å². The van der Waals surface area contributed by atoms with Crippen LogP contribution in [0.2, 0.25) is 0 Å². The lowest BCUT2D eigenvalue weighted by molar-refractivity contribution is 0.416. The van der Waals surface area contributed by atoms with Crippen LogP contribution in [0.3, 0.4) is 0 Å². The second kappa shape index (κ2) is 5.94. The number of anilines is 1. The summed E-state index contributed by atoms with van der Waals surface area (Å²) in [6, 6.07) is 13.6. The molecule has 2 N–H and O–H groups in total. The minimum absolute atomic E-state index is 0.114. The predicted octanol–water partition coefficient (Wildman–Crippen LogP) is 2.55. The van der Waals surface area contributed by atoms with E-state index in [1.54, 1.807) is 19.2 Å². The fourth-order valence-corrected chi connectivity index (χ4v) is 2.35. The lowest BCUT2D eigenvalue weighted by Crippen LogP contribution is -2.03. The van der Waals surface area contributed by atoms with E-state index in [9.17, 15) is 8.42 Å². The van der Waals surface area contributed by atoms with Crippen LogP contribution in [0.15, 0.2) is 53.4 Å². The Labute approximate surface area is 118 Å². The molecule has 0 atom stereocenters. The van der Waals surface area contributed by atoms with E-state index in [1.807, 2.05) is 24.3 Å². The Bertz CT molecular complexity index is 698. The van der Waals surface area contributed by atoms with Crippen LogP contribution in [0.4, 0.5) is 5.69 Å². The minimum Gasteiger partial charge on any atom is -0.495 e. The van der Waals surface area contributed by atoms with E-state index in [-0.39, 0.29) is 4.90 Å². The van der Waals surface area contributed by atoms with Gasteiger partial charge in [-0.2, -0.15) is 8.42 Å². The van der Waals surface area contributed by atoms with Crippen LogP contribution in [0.25, 0.3) is 0 Å². The van der Waals surface area contributed by atoms with Gasteiger partial charge in [0, 0.05) is 6.54 Å². The largest absolute Gasteiger partial charge is 0.495 e. The van der Waals surface area contributed by atoms with Crippen molar-refractivity contribution in [1.82, 2.24) is 0 Å². The summed E-state index contributed by atoms with van der Waals surface area (Å²) < 4.78 is 36.4. The summed E-state index contributed by atoms with van der Waals surface area (Å²) in [6.45, 7) is 0.420. The highest BCUT2D eigenvalue weighted by molar-refractivity contribution is 7.85. The molecule has 0 aliphatic heterocycles. The normalized spacial score (nSPS) is 11.1. The maximum Gasteiger partial charge on any atom is 0.294 e. The van der Waals surface area contributed by atoms with Crippen molar-refractivity contribution in [3.63, 3.8) is 0 Å². The number of methoxy groups -OCH3 is 1. The van der Waals surface area contributed by atoms with Crippen molar-refractivity contribution >= 4 is 15.8 Å². The number of benzene rings is 2. The summed E-state index contributed by atoms with van der Waals surface area (Å²) in [6.07, 6.45) is 0. The first kappa shape index (κ1) is 14.4. The van der Waals surface area contributed by atoms with Crippen LogP contribution < -0.4 is 10.1 Å². The summed E-state index contributed by atoms with van der Waals surface area (Å²) >= 11 is 0. The quantitative estimate of drug-likeness (QED) is 0.829. The molecular formula is C14H15NO4S. The molecule has 20 heavy (non-hydrogen) atoms. The number of hydrogen-bond acceptors (Lipinski definition) is 4. The Morgan fingerprint density at radius 1 is 1.15 bits per heavy atom. The summed E-state index contributed by atoms with van der Waals surface area (Å²) in [5.74, 6) is 0.707. The number of hydrogen-bond donors (Lipinski definition) is 2. The third-order valence-corrected chi connectivity index (χ3v) is 3.64. The van der Waals surface area contributed by atoms with Gasteiger partial charge in [0.2, 0.25) is 0 Å². The van der Waals surface area contributed by atoms with E-state index in [0.717, 1.165) is 11.3 Å². The molecule has 2 rings (SSSR count). The molecule has 0 spiro atoms. The Morgan fingerprint density at radius 2 is 1.90 bits per heavy atom. The molecule has 0 heterocycles. The smallest absolute Gasteiger partial charge is 0.294 e. The van der Waals surface area contributed by atoms with Gasteiger partial charge in [0.15, 0.2) is 0 Å². The van der Waals surface area contributed by atoms with E-state index in [2.05, 4.69) is 5.32 Å². The van der Waals surface area contributed by atoms with Crippen LogP contribution in [-0.2, 0) is 16.7 Å². The molecule has 0 aliphatic carbocycles. The summed E-state index contributed by atoms with van der Waals surface area (Å²) in [5.41, 5.74) is 1.55. The number of nitrogens with one attached hydrogen (secondary N) is 1. The Kier molecular flexibility index (Phi) is 4.26. The second-order valence-electron chi connectivity index (χ2n) is 4.18. The molecule has 6 heteroatoms. The molecule has 0 fully saturated rings. The van der Waals surface area contributed by atoms with Gasteiger partial charge in [-0.3, -0.25) is 4.55 Å². The lowest BCUT2D eigenvalue weighted by atomic mass is 10.2. The molecule has 106 valence electrons. The van der Waals surface area contributed by atoms with Gasteiger partial charge in [-0.15, -0.1) is 0 Å². The van der Waals surface area contributed by atoms with E-state index in [4.69, 9.17) is 9.29 Å². The Hall–Kier alpha value is -2.05. The molecule has 0 bridgehead atoms. The van der Waals surface area contributed by atoms with Gasteiger partial charge < -0.3 is 10.1 Å². The first-order valence-electron chi connectivity index (χ1n) is 5.94. The summed E-state index contributed by atoms with van der Waals surface area (Å²) in [5, 5.41) is 3.16. The molecule has 0 amide bonds. The zero-order chi connectivity index (χ0) is 14.6. The molecular weight excluding hydrogens is 278 g/mol. The number of rotatable bonds is 5. The van der Waals surface area contributed by atoms with Crippen molar-refractivity contribution in [1.29, 1.82) is 0 Å². The highest BCUT2D eigenvalue weighted by atomic mass is 32.2. The van der Waals surface area contributed by atoms with Crippen molar-refractivity contribution in [3.8, 4) is 5.75 Å². The first-order valence-corrected chi connectivity index (χ1v) is 7.38. The van der Waals surface area contributed by atoms with Gasteiger partial charge in [0.25, 0.3) is 10.1 Å². The minimum atomic E-state index is -4.17. The molecule has 2 aromatic rings. The van der Waals surface area contributed by atoms with Crippen LogP contribution in [0, 0.1) is 0 Å². The fourth-order valence-electron chi connectivity index (χ4n) is 1.80. The molecule has 0 unspecified atom stereocenters. The van der Waals surface area contributed by atoms with E-state index in [1.165, 1.54) is 12.1 Å². The third-order valence-electron chi connectivity index (χ3n) is 2.79.